The lowest BCUT2D eigenvalue weighted by molar-refractivity contribution is -0.146. The Morgan fingerprint density at radius 1 is 0.917 bits per heavy atom. The average Bonchev–Trinajstić information content (AvgIpc) is 3.21. The third kappa shape index (κ3) is 4.64. The van der Waals surface area contributed by atoms with Crippen molar-refractivity contribution in [2.75, 3.05) is 0 Å². The van der Waals surface area contributed by atoms with Crippen LogP contribution in [0.25, 0.3) is 0 Å². The summed E-state index contributed by atoms with van der Waals surface area (Å²) in [6, 6.07) is 10.2. The molecular weight excluding hydrogens is 436 g/mol. The van der Waals surface area contributed by atoms with Crippen molar-refractivity contribution in [3.63, 3.8) is 0 Å². The lowest BCUT2D eigenvalue weighted by Gasteiger charge is -2.59. The Kier molecular flexibility index (Phi) is 7.29. The van der Waals surface area contributed by atoms with E-state index in [1.54, 1.807) is 0 Å². The van der Waals surface area contributed by atoms with Crippen LogP contribution in [0.4, 0.5) is 0 Å². The molecule has 1 aromatic rings. The van der Waals surface area contributed by atoms with Crippen molar-refractivity contribution in [1.29, 1.82) is 0 Å². The molecule has 0 unspecified atom stereocenters. The first-order valence-corrected chi connectivity index (χ1v) is 15.0. The molecule has 0 amide bonds. The predicted molar refractivity (Wildman–Crippen MR) is 150 cm³/mol. The van der Waals surface area contributed by atoms with Crippen LogP contribution in [0.1, 0.15) is 104 Å². The summed E-state index contributed by atoms with van der Waals surface area (Å²) in [5.74, 6) is 11.9. The van der Waals surface area contributed by atoms with E-state index in [0.29, 0.717) is 23.0 Å². The summed E-state index contributed by atoms with van der Waals surface area (Å²) in [6.45, 7) is 12.3. The topological polar surface area (TPSA) is 17.1 Å². The van der Waals surface area contributed by atoms with Gasteiger partial charge < -0.3 is 0 Å². The van der Waals surface area contributed by atoms with Gasteiger partial charge in [-0.05, 0) is 103 Å². The summed E-state index contributed by atoms with van der Waals surface area (Å²) < 4.78 is 0. The van der Waals surface area contributed by atoms with Crippen molar-refractivity contribution in [1.82, 2.24) is 0 Å². The van der Waals surface area contributed by atoms with Gasteiger partial charge in [-0.2, -0.15) is 0 Å². The van der Waals surface area contributed by atoms with Crippen LogP contribution in [0.3, 0.4) is 0 Å². The van der Waals surface area contributed by atoms with Crippen LogP contribution in [0.2, 0.25) is 0 Å². The maximum Gasteiger partial charge on any atom is 0.140 e. The molecule has 1 nitrogen and oxygen atoms in total. The molecule has 0 aliphatic heterocycles. The molecule has 1 heteroatoms. The van der Waals surface area contributed by atoms with Crippen LogP contribution >= 0.6 is 0 Å². The van der Waals surface area contributed by atoms with E-state index in [1.165, 1.54) is 50.5 Å². The van der Waals surface area contributed by atoms with Crippen molar-refractivity contribution in [2.24, 2.45) is 52.3 Å². The highest BCUT2D eigenvalue weighted by molar-refractivity contribution is 5.85. The Morgan fingerprint density at radius 2 is 1.67 bits per heavy atom. The highest BCUT2D eigenvalue weighted by Gasteiger charge is 2.61. The first-order valence-electron chi connectivity index (χ1n) is 15.0. The minimum atomic E-state index is 0.0732. The van der Waals surface area contributed by atoms with Gasteiger partial charge in [0.2, 0.25) is 0 Å². The van der Waals surface area contributed by atoms with Gasteiger partial charge in [-0.15, -0.1) is 0 Å². The van der Waals surface area contributed by atoms with E-state index in [1.807, 2.05) is 18.2 Å². The Morgan fingerprint density at radius 3 is 2.42 bits per heavy atom. The zero-order valence-electron chi connectivity index (χ0n) is 23.5. The molecule has 0 bridgehead atoms. The van der Waals surface area contributed by atoms with Crippen LogP contribution in [-0.4, -0.2) is 5.78 Å². The number of hydrogen-bond donors (Lipinski definition) is 0. The second-order valence-electron chi connectivity index (χ2n) is 13.9. The smallest absolute Gasteiger partial charge is 0.140 e. The maximum absolute atomic E-state index is 13.7. The van der Waals surface area contributed by atoms with Gasteiger partial charge in [0.05, 0.1) is 0 Å². The predicted octanol–water partition coefficient (Wildman–Crippen LogP) is 8.87. The third-order valence-corrected chi connectivity index (χ3v) is 11.4. The fourth-order valence-corrected chi connectivity index (χ4v) is 9.46. The van der Waals surface area contributed by atoms with E-state index in [2.05, 4.69) is 64.7 Å². The van der Waals surface area contributed by atoms with E-state index in [0.717, 1.165) is 48.5 Å². The molecule has 5 rings (SSSR count). The number of hydrogen-bond acceptors (Lipinski definition) is 1. The molecule has 0 spiro atoms. The number of benzene rings is 1. The fraction of sp³-hybridized carbons (Fsp3) is 0.686. The minimum Gasteiger partial charge on any atom is -0.299 e. The molecule has 0 aromatic heterocycles. The zero-order chi connectivity index (χ0) is 25.5. The molecule has 0 saturated heterocycles. The van der Waals surface area contributed by atoms with Gasteiger partial charge in [0.15, 0.2) is 0 Å². The molecule has 0 heterocycles. The molecule has 1 aromatic carbocycles. The number of Topliss-reactive ketones (excluding diaryl/α,β-unsaturated/α-hetero) is 1. The molecule has 3 fully saturated rings. The number of rotatable bonds is 5. The van der Waals surface area contributed by atoms with Gasteiger partial charge in [0.1, 0.15) is 5.78 Å². The van der Waals surface area contributed by atoms with Crippen LogP contribution in [0, 0.1) is 64.1 Å². The van der Waals surface area contributed by atoms with Crippen LogP contribution < -0.4 is 0 Å². The highest BCUT2D eigenvalue weighted by Crippen LogP contribution is 2.67. The van der Waals surface area contributed by atoms with E-state index in [4.69, 9.17) is 0 Å². The standard InChI is InChI=1S/C35H48O/c1-24(2)10-9-11-25(3)29-16-17-30-28-23-33(36)32-22-27(15-14-26-12-7-6-8-13-26)18-20-35(32,5)31(28)19-21-34(29,30)4/h6-8,12-13,22,24-25,28-32H,9-11,16-21,23H2,1-5H3/t25-,28-,29+,30-,31-,32+,34+,35+/m0/s1. The van der Waals surface area contributed by atoms with Gasteiger partial charge >= 0.3 is 0 Å². The fourth-order valence-electron chi connectivity index (χ4n) is 9.46. The lowest BCUT2D eigenvalue weighted by atomic mass is 9.44. The summed E-state index contributed by atoms with van der Waals surface area (Å²) in [6.07, 6.45) is 14.8. The highest BCUT2D eigenvalue weighted by atomic mass is 16.1. The van der Waals surface area contributed by atoms with Crippen molar-refractivity contribution in [2.45, 2.75) is 98.8 Å². The molecule has 194 valence electrons. The van der Waals surface area contributed by atoms with Gasteiger partial charge in [0.25, 0.3) is 0 Å². The Hall–Kier alpha value is -1.81. The van der Waals surface area contributed by atoms with Gasteiger partial charge in [0, 0.05) is 17.9 Å². The van der Waals surface area contributed by atoms with Crippen molar-refractivity contribution < 1.29 is 4.79 Å². The van der Waals surface area contributed by atoms with E-state index >= 15 is 0 Å². The maximum atomic E-state index is 13.7. The van der Waals surface area contributed by atoms with Crippen LogP contribution in [-0.2, 0) is 4.79 Å². The molecule has 36 heavy (non-hydrogen) atoms. The van der Waals surface area contributed by atoms with Crippen molar-refractivity contribution >= 4 is 5.78 Å². The number of fused-ring (bicyclic) bond motifs is 5. The monoisotopic (exact) mass is 484 g/mol. The van der Waals surface area contributed by atoms with Crippen LogP contribution in [0.5, 0.6) is 0 Å². The largest absolute Gasteiger partial charge is 0.299 e. The van der Waals surface area contributed by atoms with Gasteiger partial charge in [-0.3, -0.25) is 4.79 Å². The summed E-state index contributed by atoms with van der Waals surface area (Å²) >= 11 is 0. The van der Waals surface area contributed by atoms with E-state index in [9.17, 15) is 4.79 Å². The van der Waals surface area contributed by atoms with Crippen LogP contribution in [0.15, 0.2) is 42.0 Å². The van der Waals surface area contributed by atoms with E-state index in [-0.39, 0.29) is 11.3 Å². The number of carbonyl (C=O) groups excluding carboxylic acids is 1. The average molecular weight is 485 g/mol. The van der Waals surface area contributed by atoms with E-state index < -0.39 is 0 Å². The normalized spacial score (nSPS) is 38.3. The second-order valence-corrected chi connectivity index (χ2v) is 13.9. The zero-order valence-corrected chi connectivity index (χ0v) is 23.5. The summed E-state index contributed by atoms with van der Waals surface area (Å²) in [5, 5.41) is 0. The molecular formula is C35H48O. The first kappa shape index (κ1) is 25.8. The Labute approximate surface area is 220 Å². The number of allylic oxidation sites excluding steroid dienone is 2. The summed E-state index contributed by atoms with van der Waals surface area (Å²) in [4.78, 5) is 13.7. The Bertz CT molecular complexity index is 1040. The van der Waals surface area contributed by atoms with Crippen molar-refractivity contribution in [3.05, 3.63) is 47.5 Å². The van der Waals surface area contributed by atoms with Crippen molar-refractivity contribution in [3.8, 4) is 11.8 Å². The SMILES string of the molecule is CC(C)CCC[C@H](C)[C@H]1CC[C@H]2[C@@H]3CC(=O)[C@H]4C=C(C#Cc5ccccc5)CC[C@]4(C)[C@H]3CC[C@]12C. The third-order valence-electron chi connectivity index (χ3n) is 11.4. The lowest BCUT2D eigenvalue weighted by Crippen LogP contribution is -2.55. The Balaban J connectivity index is 1.32. The second kappa shape index (κ2) is 10.2. The first-order chi connectivity index (χ1) is 17.2. The molecule has 0 N–H and O–H groups in total. The van der Waals surface area contributed by atoms with Gasteiger partial charge in [-0.25, -0.2) is 0 Å². The molecule has 4 aliphatic carbocycles. The molecule has 0 radical (unpaired) electrons. The number of carbonyl (C=O) groups is 1. The molecule has 4 aliphatic rings. The summed E-state index contributed by atoms with van der Waals surface area (Å²) in [5.41, 5.74) is 2.81. The molecule has 8 atom stereocenters. The van der Waals surface area contributed by atoms with Gasteiger partial charge in [-0.1, -0.05) is 90.0 Å². The quantitative estimate of drug-likeness (QED) is 0.381. The number of ketones is 1. The summed E-state index contributed by atoms with van der Waals surface area (Å²) in [7, 11) is 0. The molecule has 3 saturated carbocycles. The minimum absolute atomic E-state index is 0.0732.